The van der Waals surface area contributed by atoms with Crippen LogP contribution in [0.1, 0.15) is 18.4 Å². The van der Waals surface area contributed by atoms with Crippen molar-refractivity contribution in [2.45, 2.75) is 31.7 Å². The summed E-state index contributed by atoms with van der Waals surface area (Å²) >= 11 is 0. The molecule has 0 atom stereocenters. The molecule has 0 spiro atoms. The molecule has 1 saturated carbocycles. The molecule has 0 bridgehead atoms. The molecule has 1 aliphatic carbocycles. The maximum atomic E-state index is 13.2. The van der Waals surface area contributed by atoms with Crippen molar-refractivity contribution in [3.8, 4) is 23.1 Å². The van der Waals surface area contributed by atoms with Crippen LogP contribution in [0.5, 0.6) is 11.8 Å². The highest BCUT2D eigenvalue weighted by Crippen LogP contribution is 2.30. The predicted octanol–water partition coefficient (Wildman–Crippen LogP) is 4.12. The first-order valence-electron chi connectivity index (χ1n) is 9.38. The van der Waals surface area contributed by atoms with Crippen LogP contribution in [0.3, 0.4) is 0 Å². The third kappa shape index (κ3) is 4.92. The molecule has 0 radical (unpaired) electrons. The summed E-state index contributed by atoms with van der Waals surface area (Å²) in [5.41, 5.74) is 1.34. The van der Waals surface area contributed by atoms with E-state index in [9.17, 15) is 8.78 Å². The van der Waals surface area contributed by atoms with Gasteiger partial charge in [-0.05, 0) is 28.9 Å². The molecule has 158 valence electrons. The fourth-order valence-corrected chi connectivity index (χ4v) is 2.94. The van der Waals surface area contributed by atoms with Gasteiger partial charge in [-0.3, -0.25) is 0 Å². The average Bonchev–Trinajstić information content (AvgIpc) is 3.20. The maximum Gasteiger partial charge on any atom is 0.256 e. The van der Waals surface area contributed by atoms with Crippen LogP contribution >= 0.6 is 0 Å². The van der Waals surface area contributed by atoms with E-state index in [1.54, 1.807) is 18.3 Å². The summed E-state index contributed by atoms with van der Waals surface area (Å²) in [5.74, 6) is -0.384. The van der Waals surface area contributed by atoms with Gasteiger partial charge >= 0.3 is 0 Å². The molecule has 9 heteroatoms. The van der Waals surface area contributed by atoms with Gasteiger partial charge in [-0.25, -0.2) is 13.8 Å². The number of methoxy groups -OCH3 is 1. The van der Waals surface area contributed by atoms with E-state index < -0.39 is 11.6 Å². The lowest BCUT2D eigenvalue weighted by atomic mass is 9.92. The van der Waals surface area contributed by atoms with Crippen LogP contribution < -0.4 is 9.47 Å². The summed E-state index contributed by atoms with van der Waals surface area (Å²) in [6.45, 7) is 0.318. The number of pyridine rings is 1. The van der Waals surface area contributed by atoms with Gasteiger partial charge in [0.1, 0.15) is 6.10 Å². The van der Waals surface area contributed by atoms with Gasteiger partial charge in [0.25, 0.3) is 5.88 Å². The van der Waals surface area contributed by atoms with Crippen LogP contribution in [-0.2, 0) is 16.1 Å². The van der Waals surface area contributed by atoms with Crippen LogP contribution in [0.4, 0.5) is 8.78 Å². The fourth-order valence-electron chi connectivity index (χ4n) is 2.94. The monoisotopic (exact) mass is 418 g/mol. The maximum absolute atomic E-state index is 13.2. The lowest BCUT2D eigenvalue weighted by Gasteiger charge is -2.34. The number of hydrogen-bond acceptors (Lipinski definition) is 7. The molecule has 0 unspecified atom stereocenters. The number of benzene rings is 1. The van der Waals surface area contributed by atoms with Crippen molar-refractivity contribution in [1.82, 2.24) is 10.1 Å². The lowest BCUT2D eigenvalue weighted by molar-refractivity contribution is -0.0695. The van der Waals surface area contributed by atoms with Gasteiger partial charge in [0.05, 0.1) is 12.7 Å². The van der Waals surface area contributed by atoms with Crippen LogP contribution in [0, 0.1) is 11.6 Å². The Bertz CT molecular complexity index is 974. The smallest absolute Gasteiger partial charge is 0.256 e. The SMILES string of the molecule is COCOc1cc(-c2ccc(O[C@H]3C[C@@H](OCc4ccc(F)c(F)c4)C3)nc2)on1. The molecule has 0 N–H and O–H groups in total. The summed E-state index contributed by atoms with van der Waals surface area (Å²) in [6.07, 6.45) is 3.05. The normalized spacial score (nSPS) is 18.1. The summed E-state index contributed by atoms with van der Waals surface area (Å²) in [7, 11) is 1.52. The summed E-state index contributed by atoms with van der Waals surface area (Å²) < 4.78 is 52.9. The van der Waals surface area contributed by atoms with E-state index in [0.717, 1.165) is 17.7 Å². The van der Waals surface area contributed by atoms with Crippen molar-refractivity contribution in [2.75, 3.05) is 13.9 Å². The van der Waals surface area contributed by atoms with E-state index in [4.69, 9.17) is 23.5 Å². The molecule has 1 aliphatic rings. The van der Waals surface area contributed by atoms with Gasteiger partial charge < -0.3 is 23.5 Å². The summed E-state index contributed by atoms with van der Waals surface area (Å²) in [4.78, 5) is 4.29. The largest absolute Gasteiger partial charge is 0.474 e. The number of rotatable bonds is 9. The molecule has 1 fully saturated rings. The highest BCUT2D eigenvalue weighted by atomic mass is 19.2. The van der Waals surface area contributed by atoms with Crippen LogP contribution in [0.25, 0.3) is 11.3 Å². The Labute approximate surface area is 171 Å². The van der Waals surface area contributed by atoms with Gasteiger partial charge in [0.2, 0.25) is 5.88 Å². The highest BCUT2D eigenvalue weighted by molar-refractivity contribution is 5.57. The van der Waals surface area contributed by atoms with Crippen molar-refractivity contribution in [2.24, 2.45) is 0 Å². The summed E-state index contributed by atoms with van der Waals surface area (Å²) in [5, 5.41) is 3.79. The van der Waals surface area contributed by atoms with Gasteiger partial charge in [0.15, 0.2) is 24.2 Å². The molecule has 0 saturated heterocycles. The zero-order valence-electron chi connectivity index (χ0n) is 16.2. The van der Waals surface area contributed by atoms with Crippen LogP contribution in [0.2, 0.25) is 0 Å². The van der Waals surface area contributed by atoms with E-state index >= 15 is 0 Å². The number of aromatic nitrogens is 2. The van der Waals surface area contributed by atoms with Crippen molar-refractivity contribution >= 4 is 0 Å². The molecule has 30 heavy (non-hydrogen) atoms. The first-order valence-corrected chi connectivity index (χ1v) is 9.38. The topological polar surface area (TPSA) is 75.8 Å². The van der Waals surface area contributed by atoms with E-state index in [-0.39, 0.29) is 25.6 Å². The minimum Gasteiger partial charge on any atom is -0.474 e. The Morgan fingerprint density at radius 1 is 1.03 bits per heavy atom. The highest BCUT2D eigenvalue weighted by Gasteiger charge is 2.32. The molecule has 0 aliphatic heterocycles. The standard InChI is InChI=1S/C21H20F2N2O5/c1-26-12-28-21-9-19(30-25-21)14-3-5-20(24-10-14)29-16-7-15(8-16)27-11-13-2-4-17(22)18(23)6-13/h2-6,9-10,15-16H,7-8,11-12H2,1H3/t15-,16+. The van der Waals surface area contributed by atoms with Gasteiger partial charge in [-0.15, -0.1) is 0 Å². The van der Waals surface area contributed by atoms with E-state index in [2.05, 4.69) is 10.1 Å². The number of halogens is 2. The molecular weight excluding hydrogens is 398 g/mol. The molecule has 2 heterocycles. The second-order valence-electron chi connectivity index (χ2n) is 6.86. The molecule has 2 aromatic heterocycles. The van der Waals surface area contributed by atoms with Crippen molar-refractivity contribution in [1.29, 1.82) is 0 Å². The summed E-state index contributed by atoms with van der Waals surface area (Å²) in [6, 6.07) is 8.98. The van der Waals surface area contributed by atoms with Crippen LogP contribution in [0.15, 0.2) is 47.1 Å². The molecular formula is C21H20F2N2O5. The quantitative estimate of drug-likeness (QED) is 0.484. The predicted molar refractivity (Wildman–Crippen MR) is 101 cm³/mol. The first-order chi connectivity index (χ1) is 14.6. The van der Waals surface area contributed by atoms with E-state index in [0.29, 0.717) is 35.9 Å². The Balaban J connectivity index is 1.22. The molecule has 3 aromatic rings. The lowest BCUT2D eigenvalue weighted by Crippen LogP contribution is -2.39. The second kappa shape index (κ2) is 9.19. The minimum absolute atomic E-state index is 0.00219. The van der Waals surface area contributed by atoms with Gasteiger partial charge in [0, 0.05) is 43.8 Å². The second-order valence-corrected chi connectivity index (χ2v) is 6.86. The number of hydrogen-bond donors (Lipinski definition) is 0. The Kier molecular flexibility index (Phi) is 6.20. The fraction of sp³-hybridized carbons (Fsp3) is 0.333. The van der Waals surface area contributed by atoms with Crippen LogP contribution in [-0.4, -0.2) is 36.3 Å². The Morgan fingerprint density at radius 3 is 2.63 bits per heavy atom. The average molecular weight is 418 g/mol. The zero-order valence-corrected chi connectivity index (χ0v) is 16.2. The van der Waals surface area contributed by atoms with Crippen molar-refractivity contribution in [3.05, 3.63) is 59.8 Å². The first kappa shape index (κ1) is 20.2. The van der Waals surface area contributed by atoms with Gasteiger partial charge in [-0.1, -0.05) is 6.07 Å². The van der Waals surface area contributed by atoms with E-state index in [1.807, 2.05) is 6.07 Å². The zero-order chi connectivity index (χ0) is 20.9. The van der Waals surface area contributed by atoms with Crippen molar-refractivity contribution in [3.63, 3.8) is 0 Å². The number of ether oxygens (including phenoxy) is 4. The molecule has 0 amide bonds. The minimum atomic E-state index is -0.871. The third-order valence-electron chi connectivity index (χ3n) is 4.64. The van der Waals surface area contributed by atoms with E-state index in [1.165, 1.54) is 13.2 Å². The number of nitrogens with zero attached hydrogens (tertiary/aromatic N) is 2. The van der Waals surface area contributed by atoms with Gasteiger partial charge in [-0.2, -0.15) is 0 Å². The Morgan fingerprint density at radius 2 is 1.90 bits per heavy atom. The third-order valence-corrected chi connectivity index (χ3v) is 4.64. The molecule has 4 rings (SSSR count). The Hall–Kier alpha value is -3.04. The van der Waals surface area contributed by atoms with Crippen molar-refractivity contribution < 1.29 is 32.3 Å². The molecule has 7 nitrogen and oxygen atoms in total. The molecule has 1 aromatic carbocycles.